The summed E-state index contributed by atoms with van der Waals surface area (Å²) >= 11 is 0. The first-order valence-corrected chi connectivity index (χ1v) is 4.45. The molecular weight excluding hydrogens is 156 g/mol. The molecule has 1 aliphatic rings. The van der Waals surface area contributed by atoms with Crippen molar-refractivity contribution in [2.75, 3.05) is 6.61 Å². The summed E-state index contributed by atoms with van der Waals surface area (Å²) in [5.41, 5.74) is 0. The van der Waals surface area contributed by atoms with Crippen molar-refractivity contribution in [3.63, 3.8) is 0 Å². The summed E-state index contributed by atoms with van der Waals surface area (Å²) in [7, 11) is 0. The largest absolute Gasteiger partial charge is 0.481 e. The first-order chi connectivity index (χ1) is 5.61. The van der Waals surface area contributed by atoms with Crippen molar-refractivity contribution in [2.24, 2.45) is 11.8 Å². The molecule has 0 bridgehead atoms. The van der Waals surface area contributed by atoms with Gasteiger partial charge < -0.3 is 9.84 Å². The second-order valence-corrected chi connectivity index (χ2v) is 3.77. The molecule has 12 heavy (non-hydrogen) atoms. The number of hydrogen-bond acceptors (Lipinski definition) is 2. The van der Waals surface area contributed by atoms with Crippen molar-refractivity contribution >= 4 is 5.97 Å². The van der Waals surface area contributed by atoms with Crippen LogP contribution in [0.2, 0.25) is 0 Å². The molecule has 1 N–H and O–H groups in total. The van der Waals surface area contributed by atoms with E-state index in [4.69, 9.17) is 9.84 Å². The van der Waals surface area contributed by atoms with Gasteiger partial charge in [0.15, 0.2) is 0 Å². The van der Waals surface area contributed by atoms with Crippen LogP contribution in [0.5, 0.6) is 0 Å². The van der Waals surface area contributed by atoms with Crippen molar-refractivity contribution in [1.29, 1.82) is 0 Å². The standard InChI is InChI=1S/C9H16O3/c1-6(2)5-8-7(9(10)11)3-4-12-8/h6-8H,3-5H2,1-2H3,(H,10,11). The van der Waals surface area contributed by atoms with E-state index in [0.29, 0.717) is 18.9 Å². The fraction of sp³-hybridized carbons (Fsp3) is 0.889. The van der Waals surface area contributed by atoms with Gasteiger partial charge in [-0.1, -0.05) is 13.8 Å². The number of aliphatic carboxylic acids is 1. The Bertz CT molecular complexity index is 165. The van der Waals surface area contributed by atoms with E-state index in [1.807, 2.05) is 0 Å². The van der Waals surface area contributed by atoms with E-state index in [0.717, 1.165) is 6.42 Å². The highest BCUT2D eigenvalue weighted by Crippen LogP contribution is 2.26. The van der Waals surface area contributed by atoms with Gasteiger partial charge in [0, 0.05) is 6.61 Å². The van der Waals surface area contributed by atoms with Crippen molar-refractivity contribution < 1.29 is 14.6 Å². The molecule has 0 aromatic heterocycles. The molecule has 1 rings (SSSR count). The minimum Gasteiger partial charge on any atom is -0.481 e. The summed E-state index contributed by atoms with van der Waals surface area (Å²) < 4.78 is 5.36. The van der Waals surface area contributed by atoms with Crippen LogP contribution in [0.25, 0.3) is 0 Å². The molecule has 1 heterocycles. The van der Waals surface area contributed by atoms with Crippen LogP contribution in [0.15, 0.2) is 0 Å². The molecule has 0 aromatic rings. The van der Waals surface area contributed by atoms with Crippen LogP contribution in [0, 0.1) is 11.8 Å². The third-order valence-corrected chi connectivity index (χ3v) is 2.23. The van der Waals surface area contributed by atoms with Gasteiger partial charge in [-0.05, 0) is 18.8 Å². The van der Waals surface area contributed by atoms with Gasteiger partial charge in [0.2, 0.25) is 0 Å². The Balaban J connectivity index is 2.46. The summed E-state index contributed by atoms with van der Waals surface area (Å²) in [5.74, 6) is -0.472. The fourth-order valence-electron chi connectivity index (χ4n) is 1.63. The van der Waals surface area contributed by atoms with Crippen LogP contribution in [0.1, 0.15) is 26.7 Å². The topological polar surface area (TPSA) is 46.5 Å². The molecule has 0 radical (unpaired) electrons. The first-order valence-electron chi connectivity index (χ1n) is 4.45. The summed E-state index contributed by atoms with van der Waals surface area (Å²) in [6.07, 6.45) is 1.48. The average Bonchev–Trinajstić information content (AvgIpc) is 2.33. The van der Waals surface area contributed by atoms with E-state index >= 15 is 0 Å². The predicted octanol–water partition coefficient (Wildman–Crippen LogP) is 1.52. The Morgan fingerprint density at radius 3 is 2.83 bits per heavy atom. The number of rotatable bonds is 3. The van der Waals surface area contributed by atoms with Gasteiger partial charge in [-0.2, -0.15) is 0 Å². The molecule has 0 aliphatic carbocycles. The summed E-state index contributed by atoms with van der Waals surface area (Å²) in [6.45, 7) is 4.77. The van der Waals surface area contributed by atoms with Crippen molar-refractivity contribution in [2.45, 2.75) is 32.8 Å². The maximum Gasteiger partial charge on any atom is 0.309 e. The van der Waals surface area contributed by atoms with Crippen LogP contribution >= 0.6 is 0 Å². The second kappa shape index (κ2) is 3.90. The zero-order chi connectivity index (χ0) is 9.14. The highest BCUT2D eigenvalue weighted by Gasteiger charge is 2.33. The third kappa shape index (κ3) is 2.21. The van der Waals surface area contributed by atoms with Crippen LogP contribution in [0.4, 0.5) is 0 Å². The van der Waals surface area contributed by atoms with E-state index in [1.165, 1.54) is 0 Å². The van der Waals surface area contributed by atoms with E-state index in [9.17, 15) is 4.79 Å². The molecule has 0 aromatic carbocycles. The summed E-state index contributed by atoms with van der Waals surface area (Å²) in [6, 6.07) is 0. The van der Waals surface area contributed by atoms with Crippen LogP contribution in [-0.2, 0) is 9.53 Å². The Morgan fingerprint density at radius 1 is 1.67 bits per heavy atom. The van der Waals surface area contributed by atoms with Gasteiger partial charge in [0.1, 0.15) is 0 Å². The maximum atomic E-state index is 10.7. The Morgan fingerprint density at radius 2 is 2.33 bits per heavy atom. The molecule has 2 atom stereocenters. The zero-order valence-electron chi connectivity index (χ0n) is 7.62. The van der Waals surface area contributed by atoms with Crippen LogP contribution in [0.3, 0.4) is 0 Å². The number of carbonyl (C=O) groups is 1. The maximum absolute atomic E-state index is 10.7. The monoisotopic (exact) mass is 172 g/mol. The molecule has 0 amide bonds. The fourth-order valence-corrected chi connectivity index (χ4v) is 1.63. The second-order valence-electron chi connectivity index (χ2n) is 3.77. The van der Waals surface area contributed by atoms with Gasteiger partial charge in [-0.15, -0.1) is 0 Å². The zero-order valence-corrected chi connectivity index (χ0v) is 7.62. The number of ether oxygens (including phenoxy) is 1. The highest BCUT2D eigenvalue weighted by molar-refractivity contribution is 5.71. The van der Waals surface area contributed by atoms with Crippen molar-refractivity contribution in [1.82, 2.24) is 0 Å². The molecule has 0 saturated carbocycles. The van der Waals surface area contributed by atoms with E-state index in [1.54, 1.807) is 0 Å². The Hall–Kier alpha value is -0.570. The molecule has 2 unspecified atom stereocenters. The highest BCUT2D eigenvalue weighted by atomic mass is 16.5. The molecule has 3 nitrogen and oxygen atoms in total. The van der Waals surface area contributed by atoms with E-state index < -0.39 is 5.97 Å². The first kappa shape index (κ1) is 9.52. The lowest BCUT2D eigenvalue weighted by atomic mass is 9.94. The normalized spacial score (nSPS) is 29.6. The molecule has 1 saturated heterocycles. The van der Waals surface area contributed by atoms with Gasteiger partial charge in [0.25, 0.3) is 0 Å². The smallest absolute Gasteiger partial charge is 0.309 e. The Labute approximate surface area is 72.7 Å². The molecule has 1 aliphatic heterocycles. The lowest BCUT2D eigenvalue weighted by molar-refractivity contribution is -0.143. The summed E-state index contributed by atoms with van der Waals surface area (Å²) in [4.78, 5) is 10.7. The summed E-state index contributed by atoms with van der Waals surface area (Å²) in [5, 5.41) is 8.82. The SMILES string of the molecule is CC(C)CC1OCCC1C(=O)O. The van der Waals surface area contributed by atoms with Gasteiger partial charge >= 0.3 is 5.97 Å². The number of hydrogen-bond donors (Lipinski definition) is 1. The van der Waals surface area contributed by atoms with Gasteiger partial charge in [-0.25, -0.2) is 0 Å². The minimum absolute atomic E-state index is 0.0532. The molecule has 3 heteroatoms. The Kier molecular flexibility index (Phi) is 3.09. The lowest BCUT2D eigenvalue weighted by Crippen LogP contribution is -2.25. The average molecular weight is 172 g/mol. The minimum atomic E-state index is -0.710. The van der Waals surface area contributed by atoms with E-state index in [-0.39, 0.29) is 12.0 Å². The predicted molar refractivity (Wildman–Crippen MR) is 44.9 cm³/mol. The van der Waals surface area contributed by atoms with Crippen LogP contribution in [-0.4, -0.2) is 23.8 Å². The van der Waals surface area contributed by atoms with Gasteiger partial charge in [0.05, 0.1) is 12.0 Å². The van der Waals surface area contributed by atoms with E-state index in [2.05, 4.69) is 13.8 Å². The molecule has 0 spiro atoms. The number of carboxylic acid groups (broad SMARTS) is 1. The quantitative estimate of drug-likeness (QED) is 0.702. The van der Waals surface area contributed by atoms with Crippen molar-refractivity contribution in [3.8, 4) is 0 Å². The van der Waals surface area contributed by atoms with Gasteiger partial charge in [-0.3, -0.25) is 4.79 Å². The molecule has 70 valence electrons. The number of carboxylic acids is 1. The molecular formula is C9H16O3. The third-order valence-electron chi connectivity index (χ3n) is 2.23. The lowest BCUT2D eigenvalue weighted by Gasteiger charge is -2.16. The van der Waals surface area contributed by atoms with Crippen LogP contribution < -0.4 is 0 Å². The van der Waals surface area contributed by atoms with Crippen molar-refractivity contribution in [3.05, 3.63) is 0 Å². The molecule has 1 fully saturated rings.